The molecule has 1 fully saturated rings. The van der Waals surface area contributed by atoms with Crippen molar-refractivity contribution in [2.45, 2.75) is 20.5 Å². The van der Waals surface area contributed by atoms with E-state index in [1.54, 1.807) is 0 Å². The maximum absolute atomic E-state index is 9.22. The number of hydrogen-bond acceptors (Lipinski definition) is 1. The summed E-state index contributed by atoms with van der Waals surface area (Å²) in [5.74, 6) is -0.401. The molecule has 0 aliphatic heterocycles. The van der Waals surface area contributed by atoms with E-state index >= 15 is 0 Å². The fraction of sp³-hybridized carbons (Fsp3) is 0.750. The van der Waals surface area contributed by atoms with Gasteiger partial charge in [-0.3, -0.25) is 0 Å². The summed E-state index contributed by atoms with van der Waals surface area (Å²) >= 11 is 36.9. The van der Waals surface area contributed by atoms with Crippen LogP contribution in [0.2, 0.25) is 0 Å². The molecule has 2 bridgehead atoms. The molecule has 0 aromatic rings. The number of aliphatic hydroxyl groups excluding tert-OH is 1. The highest BCUT2D eigenvalue weighted by Crippen LogP contribution is 2.74. The van der Waals surface area contributed by atoms with Gasteiger partial charge in [-0.2, -0.15) is 0 Å². The van der Waals surface area contributed by atoms with Crippen molar-refractivity contribution < 1.29 is 5.11 Å². The quantitative estimate of drug-likeness (QED) is 0.724. The summed E-state index contributed by atoms with van der Waals surface area (Å²) in [4.78, 5) is -2.50. The molecule has 1 N–H and O–H groups in total. The van der Waals surface area contributed by atoms with E-state index in [1.807, 2.05) is 0 Å². The molecule has 0 unspecified atom stereocenters. The summed E-state index contributed by atoms with van der Waals surface area (Å²) in [6.07, 6.45) is 0.302. The predicted octanol–water partition coefficient (Wildman–Crippen LogP) is 3.83. The zero-order valence-electron chi connectivity index (χ0n) is 7.21. The molecule has 2 aliphatic rings. The number of alkyl halides is 4. The molecular formula is C8H6Cl6O. The van der Waals surface area contributed by atoms with Crippen LogP contribution in [-0.4, -0.2) is 25.8 Å². The SMILES string of the molecule is OC[C@H]1C[C@@]2(Cl)C(Cl)=C(Cl)[C@]1(Cl)C2(Cl)Cl. The van der Waals surface area contributed by atoms with E-state index in [4.69, 9.17) is 69.6 Å². The number of hydrogen-bond donors (Lipinski definition) is 1. The van der Waals surface area contributed by atoms with E-state index in [9.17, 15) is 5.11 Å². The minimum absolute atomic E-state index is 0.135. The lowest BCUT2D eigenvalue weighted by Crippen LogP contribution is -2.44. The first-order valence-corrected chi connectivity index (χ1v) is 6.43. The van der Waals surface area contributed by atoms with Crippen molar-refractivity contribution in [1.29, 1.82) is 0 Å². The second-order valence-electron chi connectivity index (χ2n) is 3.80. The van der Waals surface area contributed by atoms with E-state index in [0.717, 1.165) is 0 Å². The Bertz CT molecular complexity index is 353. The number of rotatable bonds is 1. The second kappa shape index (κ2) is 3.47. The fourth-order valence-electron chi connectivity index (χ4n) is 2.22. The molecule has 3 atom stereocenters. The topological polar surface area (TPSA) is 20.2 Å². The molecule has 86 valence electrons. The number of halogens is 6. The molecule has 1 nitrogen and oxygen atoms in total. The molecule has 15 heavy (non-hydrogen) atoms. The lowest BCUT2D eigenvalue weighted by molar-refractivity contribution is 0.212. The Balaban J connectivity index is 2.65. The maximum Gasteiger partial charge on any atom is 0.166 e. The van der Waals surface area contributed by atoms with E-state index in [-0.39, 0.29) is 16.7 Å². The highest BCUT2D eigenvalue weighted by Gasteiger charge is 2.78. The van der Waals surface area contributed by atoms with Crippen molar-refractivity contribution in [2.75, 3.05) is 6.61 Å². The highest BCUT2D eigenvalue weighted by atomic mass is 35.5. The third kappa shape index (κ3) is 1.19. The van der Waals surface area contributed by atoms with Gasteiger partial charge in [-0.15, -0.1) is 23.2 Å². The molecule has 2 aliphatic carbocycles. The van der Waals surface area contributed by atoms with Crippen LogP contribution in [0.4, 0.5) is 0 Å². The van der Waals surface area contributed by atoms with Crippen molar-refractivity contribution in [3.63, 3.8) is 0 Å². The zero-order chi connectivity index (χ0) is 11.6. The van der Waals surface area contributed by atoms with E-state index in [0.29, 0.717) is 6.42 Å². The molecule has 1 saturated carbocycles. The number of fused-ring (bicyclic) bond motifs is 2. The first-order chi connectivity index (χ1) is 6.73. The molecule has 2 rings (SSSR count). The van der Waals surface area contributed by atoms with Crippen LogP contribution in [0.25, 0.3) is 0 Å². The summed E-state index contributed by atoms with van der Waals surface area (Å²) in [7, 11) is 0. The van der Waals surface area contributed by atoms with Gasteiger partial charge in [0.1, 0.15) is 9.75 Å². The Morgan fingerprint density at radius 3 is 2.00 bits per heavy atom. The standard InChI is InChI=1S/C8H6Cl6O/c9-4-5(10)7(12)3(2-15)1-6(4,11)8(7,13)14/h3,15H,1-2H2/t3-,6-,7+/m1/s1. The number of aliphatic hydroxyl groups is 1. The molecule has 0 radical (unpaired) electrons. The Labute approximate surface area is 117 Å². The zero-order valence-corrected chi connectivity index (χ0v) is 11.7. The molecule has 0 aromatic carbocycles. The van der Waals surface area contributed by atoms with Gasteiger partial charge in [0, 0.05) is 12.5 Å². The van der Waals surface area contributed by atoms with Gasteiger partial charge in [0.25, 0.3) is 0 Å². The van der Waals surface area contributed by atoms with Crippen LogP contribution in [-0.2, 0) is 0 Å². The van der Waals surface area contributed by atoms with Gasteiger partial charge in [-0.05, 0) is 6.42 Å². The molecule has 0 aromatic heterocycles. The van der Waals surface area contributed by atoms with Crippen LogP contribution < -0.4 is 0 Å². The van der Waals surface area contributed by atoms with E-state index < -0.39 is 20.0 Å². The fourth-order valence-corrected chi connectivity index (χ4v) is 5.06. The van der Waals surface area contributed by atoms with Crippen molar-refractivity contribution in [3.8, 4) is 0 Å². The summed E-state index contributed by atoms with van der Waals surface area (Å²) in [5.41, 5.74) is 0. The van der Waals surface area contributed by atoms with Gasteiger partial charge in [-0.25, -0.2) is 0 Å². The average molecular weight is 331 g/mol. The van der Waals surface area contributed by atoms with Crippen LogP contribution in [0.3, 0.4) is 0 Å². The largest absolute Gasteiger partial charge is 0.396 e. The molecule has 0 spiro atoms. The van der Waals surface area contributed by atoms with Crippen molar-refractivity contribution in [2.24, 2.45) is 5.92 Å². The molecule has 0 saturated heterocycles. The molecule has 7 heteroatoms. The van der Waals surface area contributed by atoms with Gasteiger partial charge in [0.05, 0.1) is 10.1 Å². The van der Waals surface area contributed by atoms with Crippen LogP contribution in [0.1, 0.15) is 6.42 Å². The third-order valence-corrected chi connectivity index (χ3v) is 7.45. The smallest absolute Gasteiger partial charge is 0.166 e. The Morgan fingerprint density at radius 2 is 1.67 bits per heavy atom. The van der Waals surface area contributed by atoms with E-state index in [1.165, 1.54) is 0 Å². The first-order valence-electron chi connectivity index (χ1n) is 4.16. The predicted molar refractivity (Wildman–Crippen MR) is 65.5 cm³/mol. The number of allylic oxidation sites excluding steroid dienone is 2. The summed E-state index contributed by atoms with van der Waals surface area (Å²) in [6, 6.07) is 0. The monoisotopic (exact) mass is 328 g/mol. The van der Waals surface area contributed by atoms with Gasteiger partial charge < -0.3 is 5.11 Å². The minimum Gasteiger partial charge on any atom is -0.396 e. The van der Waals surface area contributed by atoms with Crippen molar-refractivity contribution >= 4 is 69.6 Å². The summed E-state index contributed by atoms with van der Waals surface area (Å²) in [5, 5.41) is 9.53. The average Bonchev–Trinajstić information content (AvgIpc) is 2.39. The lowest BCUT2D eigenvalue weighted by Gasteiger charge is -2.33. The third-order valence-electron chi connectivity index (χ3n) is 3.13. The van der Waals surface area contributed by atoms with Crippen LogP contribution in [0, 0.1) is 5.92 Å². The molecular weight excluding hydrogens is 325 g/mol. The van der Waals surface area contributed by atoms with Crippen molar-refractivity contribution in [1.82, 2.24) is 0 Å². The van der Waals surface area contributed by atoms with Gasteiger partial charge in [0.15, 0.2) is 4.33 Å². The second-order valence-corrected chi connectivity index (χ2v) is 7.12. The van der Waals surface area contributed by atoms with Crippen LogP contribution in [0.15, 0.2) is 10.1 Å². The normalized spacial score (nSPS) is 47.8. The van der Waals surface area contributed by atoms with Crippen LogP contribution in [0.5, 0.6) is 0 Å². The highest BCUT2D eigenvalue weighted by molar-refractivity contribution is 6.65. The van der Waals surface area contributed by atoms with Gasteiger partial charge >= 0.3 is 0 Å². The van der Waals surface area contributed by atoms with Gasteiger partial charge in [0.2, 0.25) is 0 Å². The maximum atomic E-state index is 9.22. The Hall–Kier alpha value is 1.44. The summed E-state index contributed by atoms with van der Waals surface area (Å²) < 4.78 is -1.51. The van der Waals surface area contributed by atoms with Crippen molar-refractivity contribution in [3.05, 3.63) is 10.1 Å². The van der Waals surface area contributed by atoms with Gasteiger partial charge in [-0.1, -0.05) is 46.4 Å². The van der Waals surface area contributed by atoms with E-state index in [2.05, 4.69) is 0 Å². The molecule has 0 heterocycles. The lowest BCUT2D eigenvalue weighted by atomic mass is 9.93. The molecule has 0 amide bonds. The van der Waals surface area contributed by atoms with Crippen LogP contribution >= 0.6 is 69.6 Å². The Kier molecular flexibility index (Phi) is 2.98. The summed E-state index contributed by atoms with van der Waals surface area (Å²) in [6.45, 7) is -0.195. The minimum atomic E-state index is -1.51. The first kappa shape index (κ1) is 12.9. The Morgan fingerprint density at radius 1 is 1.13 bits per heavy atom.